The number of hydrogen-bond donors (Lipinski definition) is 1. The first-order valence-electron chi connectivity index (χ1n) is 5.48. The summed E-state index contributed by atoms with van der Waals surface area (Å²) in [6.45, 7) is 1.03. The molecular weight excluding hydrogens is 255 g/mol. The van der Waals surface area contributed by atoms with Crippen molar-refractivity contribution < 1.29 is 9.13 Å². The average Bonchev–Trinajstić information content (AvgIpc) is 2.35. The molecule has 2 rings (SSSR count). The third-order valence-electron chi connectivity index (χ3n) is 2.22. The van der Waals surface area contributed by atoms with Crippen LogP contribution in [0.1, 0.15) is 0 Å². The van der Waals surface area contributed by atoms with Crippen LogP contribution >= 0.6 is 11.6 Å². The number of benzene rings is 1. The minimum Gasteiger partial charge on any atom is -0.492 e. The zero-order valence-electron chi connectivity index (χ0n) is 9.57. The lowest BCUT2D eigenvalue weighted by atomic mass is 10.3. The van der Waals surface area contributed by atoms with Gasteiger partial charge in [0.2, 0.25) is 0 Å². The molecule has 0 aliphatic rings. The summed E-state index contributed by atoms with van der Waals surface area (Å²) in [7, 11) is 0. The Balaban J connectivity index is 1.76. The van der Waals surface area contributed by atoms with Gasteiger partial charge < -0.3 is 10.1 Å². The molecule has 0 amide bonds. The van der Waals surface area contributed by atoms with Gasteiger partial charge in [0, 0.05) is 24.5 Å². The molecule has 0 fully saturated rings. The second-order valence-electron chi connectivity index (χ2n) is 3.60. The Morgan fingerprint density at radius 3 is 2.94 bits per heavy atom. The molecule has 0 unspecified atom stereocenters. The molecule has 1 N–H and O–H groups in total. The zero-order valence-corrected chi connectivity index (χ0v) is 10.3. The van der Waals surface area contributed by atoms with Crippen LogP contribution in [0, 0.1) is 5.82 Å². The Morgan fingerprint density at radius 2 is 2.17 bits per heavy atom. The Kier molecular flexibility index (Phi) is 4.36. The standard InChI is InChI=1S/C13H12ClFN2O/c14-13-9-11(4-5-17-13)16-6-7-18-12-3-1-2-10(15)8-12/h1-5,8-9H,6-7H2,(H,16,17). The number of aromatic nitrogens is 1. The average molecular weight is 267 g/mol. The van der Waals surface area contributed by atoms with E-state index in [9.17, 15) is 4.39 Å². The van der Waals surface area contributed by atoms with Crippen molar-refractivity contribution in [2.75, 3.05) is 18.5 Å². The second-order valence-corrected chi connectivity index (χ2v) is 3.99. The molecule has 0 saturated heterocycles. The zero-order chi connectivity index (χ0) is 12.8. The largest absolute Gasteiger partial charge is 0.492 e. The molecular formula is C13H12ClFN2O. The molecule has 18 heavy (non-hydrogen) atoms. The first kappa shape index (κ1) is 12.6. The van der Waals surface area contributed by atoms with Crippen LogP contribution in [0.5, 0.6) is 5.75 Å². The van der Waals surface area contributed by atoms with E-state index in [4.69, 9.17) is 16.3 Å². The van der Waals surface area contributed by atoms with Crippen molar-refractivity contribution in [1.29, 1.82) is 0 Å². The van der Waals surface area contributed by atoms with Gasteiger partial charge in [-0.15, -0.1) is 0 Å². The third-order valence-corrected chi connectivity index (χ3v) is 2.43. The highest BCUT2D eigenvalue weighted by Crippen LogP contribution is 2.13. The van der Waals surface area contributed by atoms with Crippen molar-refractivity contribution in [1.82, 2.24) is 4.98 Å². The van der Waals surface area contributed by atoms with Crippen LogP contribution in [-0.2, 0) is 0 Å². The number of rotatable bonds is 5. The van der Waals surface area contributed by atoms with E-state index in [0.717, 1.165) is 5.69 Å². The highest BCUT2D eigenvalue weighted by Gasteiger charge is 1.97. The van der Waals surface area contributed by atoms with E-state index < -0.39 is 0 Å². The number of nitrogens with zero attached hydrogens (tertiary/aromatic N) is 1. The lowest BCUT2D eigenvalue weighted by molar-refractivity contribution is 0.331. The van der Waals surface area contributed by atoms with Crippen molar-refractivity contribution >= 4 is 17.3 Å². The van der Waals surface area contributed by atoms with E-state index in [1.54, 1.807) is 24.4 Å². The smallest absolute Gasteiger partial charge is 0.131 e. The van der Waals surface area contributed by atoms with Crippen molar-refractivity contribution in [3.05, 3.63) is 53.6 Å². The van der Waals surface area contributed by atoms with Crippen LogP contribution in [-0.4, -0.2) is 18.1 Å². The van der Waals surface area contributed by atoms with Gasteiger partial charge in [-0.25, -0.2) is 9.37 Å². The topological polar surface area (TPSA) is 34.1 Å². The summed E-state index contributed by atoms with van der Waals surface area (Å²) < 4.78 is 18.3. The van der Waals surface area contributed by atoms with Crippen molar-refractivity contribution in [3.8, 4) is 5.75 Å². The maximum Gasteiger partial charge on any atom is 0.131 e. The number of anilines is 1. The number of nitrogens with one attached hydrogen (secondary N) is 1. The Labute approximate surface area is 110 Å². The molecule has 0 spiro atoms. The lowest BCUT2D eigenvalue weighted by Crippen LogP contribution is -2.11. The maximum atomic E-state index is 12.9. The monoisotopic (exact) mass is 266 g/mol. The molecule has 1 aromatic carbocycles. The van der Waals surface area contributed by atoms with Gasteiger partial charge in [0.15, 0.2) is 0 Å². The molecule has 0 bridgehead atoms. The predicted octanol–water partition coefficient (Wildman–Crippen LogP) is 3.37. The van der Waals surface area contributed by atoms with E-state index in [2.05, 4.69) is 10.3 Å². The Hall–Kier alpha value is -1.81. The molecule has 0 aliphatic carbocycles. The van der Waals surface area contributed by atoms with E-state index >= 15 is 0 Å². The molecule has 1 heterocycles. The fourth-order valence-electron chi connectivity index (χ4n) is 1.43. The van der Waals surface area contributed by atoms with E-state index in [1.807, 2.05) is 6.07 Å². The van der Waals surface area contributed by atoms with Crippen molar-refractivity contribution in [2.24, 2.45) is 0 Å². The van der Waals surface area contributed by atoms with Crippen molar-refractivity contribution in [3.63, 3.8) is 0 Å². The molecule has 94 valence electrons. The SMILES string of the molecule is Fc1cccc(OCCNc2ccnc(Cl)c2)c1. The van der Waals surface area contributed by atoms with Gasteiger partial charge in [0.1, 0.15) is 23.3 Å². The number of halogens is 2. The number of hydrogen-bond acceptors (Lipinski definition) is 3. The quantitative estimate of drug-likeness (QED) is 0.666. The molecule has 3 nitrogen and oxygen atoms in total. The minimum absolute atomic E-state index is 0.304. The number of ether oxygens (including phenoxy) is 1. The summed E-state index contributed by atoms with van der Waals surface area (Å²) >= 11 is 5.75. The fourth-order valence-corrected chi connectivity index (χ4v) is 1.61. The van der Waals surface area contributed by atoms with E-state index in [-0.39, 0.29) is 5.82 Å². The van der Waals surface area contributed by atoms with Crippen LogP contribution in [0.15, 0.2) is 42.6 Å². The van der Waals surface area contributed by atoms with Crippen LogP contribution in [0.2, 0.25) is 5.15 Å². The Morgan fingerprint density at radius 1 is 1.28 bits per heavy atom. The highest BCUT2D eigenvalue weighted by molar-refractivity contribution is 6.29. The first-order chi connectivity index (χ1) is 8.74. The first-order valence-corrected chi connectivity index (χ1v) is 5.85. The minimum atomic E-state index is -0.304. The van der Waals surface area contributed by atoms with Gasteiger partial charge in [-0.2, -0.15) is 0 Å². The summed E-state index contributed by atoms with van der Waals surface area (Å²) in [5, 5.41) is 3.56. The van der Waals surface area contributed by atoms with Crippen LogP contribution in [0.25, 0.3) is 0 Å². The predicted molar refractivity (Wildman–Crippen MR) is 69.6 cm³/mol. The molecule has 1 aromatic heterocycles. The van der Waals surface area contributed by atoms with E-state index in [0.29, 0.717) is 24.1 Å². The Bertz CT molecular complexity index is 474. The summed E-state index contributed by atoms with van der Waals surface area (Å²) in [5.41, 5.74) is 0.873. The second kappa shape index (κ2) is 6.21. The summed E-state index contributed by atoms with van der Waals surface area (Å²) in [5.74, 6) is 0.214. The molecule has 0 saturated carbocycles. The molecule has 5 heteroatoms. The lowest BCUT2D eigenvalue weighted by Gasteiger charge is -2.08. The summed E-state index contributed by atoms with van der Waals surface area (Å²) in [4.78, 5) is 3.88. The molecule has 2 aromatic rings. The van der Waals surface area contributed by atoms with Gasteiger partial charge in [-0.3, -0.25) is 0 Å². The van der Waals surface area contributed by atoms with Gasteiger partial charge in [-0.1, -0.05) is 17.7 Å². The van der Waals surface area contributed by atoms with Crippen LogP contribution in [0.4, 0.5) is 10.1 Å². The highest BCUT2D eigenvalue weighted by atomic mass is 35.5. The van der Waals surface area contributed by atoms with Gasteiger partial charge in [-0.05, 0) is 24.3 Å². The summed E-state index contributed by atoms with van der Waals surface area (Å²) in [6, 6.07) is 9.60. The molecule has 0 aliphatic heterocycles. The normalized spacial score (nSPS) is 10.1. The van der Waals surface area contributed by atoms with Gasteiger partial charge in [0.05, 0.1) is 0 Å². The molecule has 0 radical (unpaired) electrons. The fraction of sp³-hybridized carbons (Fsp3) is 0.154. The summed E-state index contributed by atoms with van der Waals surface area (Å²) in [6.07, 6.45) is 1.62. The van der Waals surface area contributed by atoms with Gasteiger partial charge in [0.25, 0.3) is 0 Å². The maximum absolute atomic E-state index is 12.9. The third kappa shape index (κ3) is 3.89. The van der Waals surface area contributed by atoms with Crippen LogP contribution < -0.4 is 10.1 Å². The van der Waals surface area contributed by atoms with E-state index in [1.165, 1.54) is 12.1 Å². The van der Waals surface area contributed by atoms with Crippen LogP contribution in [0.3, 0.4) is 0 Å². The number of pyridine rings is 1. The molecule has 0 atom stereocenters. The van der Waals surface area contributed by atoms with Gasteiger partial charge >= 0.3 is 0 Å². The van der Waals surface area contributed by atoms with Crippen molar-refractivity contribution in [2.45, 2.75) is 0 Å².